The van der Waals surface area contributed by atoms with E-state index in [0.29, 0.717) is 0 Å². The van der Waals surface area contributed by atoms with Crippen molar-refractivity contribution < 1.29 is 9.84 Å². The van der Waals surface area contributed by atoms with Crippen LogP contribution in [0.3, 0.4) is 0 Å². The lowest BCUT2D eigenvalue weighted by Crippen LogP contribution is -2.36. The van der Waals surface area contributed by atoms with Gasteiger partial charge in [0, 0.05) is 6.54 Å². The summed E-state index contributed by atoms with van der Waals surface area (Å²) in [4.78, 5) is 0. The number of hydrogen-bond donors (Lipinski definition) is 2. The zero-order valence-electron chi connectivity index (χ0n) is 11.9. The van der Waals surface area contributed by atoms with Gasteiger partial charge in [-0.1, -0.05) is 42.5 Å². The van der Waals surface area contributed by atoms with Gasteiger partial charge in [0.2, 0.25) is 0 Å². The summed E-state index contributed by atoms with van der Waals surface area (Å²) in [6.45, 7) is 4.06. The van der Waals surface area contributed by atoms with E-state index >= 15 is 0 Å². The zero-order valence-corrected chi connectivity index (χ0v) is 11.9. The fourth-order valence-corrected chi connectivity index (χ4v) is 2.22. The molecule has 3 N–H and O–H groups in total. The van der Waals surface area contributed by atoms with Crippen LogP contribution in [0.5, 0.6) is 5.75 Å². The molecule has 2 rings (SSSR count). The fraction of sp³-hybridized carbons (Fsp3) is 0.294. The van der Waals surface area contributed by atoms with Crippen LogP contribution < -0.4 is 10.5 Å². The quantitative estimate of drug-likeness (QED) is 0.879. The van der Waals surface area contributed by atoms with Gasteiger partial charge >= 0.3 is 0 Å². The van der Waals surface area contributed by atoms with Crippen molar-refractivity contribution in [2.24, 2.45) is 5.73 Å². The summed E-state index contributed by atoms with van der Waals surface area (Å²) in [5.41, 5.74) is 6.16. The highest BCUT2D eigenvalue weighted by Gasteiger charge is 2.30. The maximum Gasteiger partial charge on any atom is 0.127 e. The molecule has 1 atom stereocenters. The molecule has 20 heavy (non-hydrogen) atoms. The SMILES string of the molecule is CC(C)Oc1cccc(C(O)(CN)c2ccccc2)c1. The molecule has 0 aromatic heterocycles. The highest BCUT2D eigenvalue weighted by molar-refractivity contribution is 5.40. The Hall–Kier alpha value is -1.84. The molecule has 0 heterocycles. The van der Waals surface area contributed by atoms with Gasteiger partial charge in [-0.05, 0) is 37.1 Å². The first-order valence-corrected chi connectivity index (χ1v) is 6.81. The molecule has 0 aliphatic carbocycles. The molecule has 3 nitrogen and oxygen atoms in total. The summed E-state index contributed by atoms with van der Waals surface area (Å²) in [5, 5.41) is 10.9. The van der Waals surface area contributed by atoms with Crippen molar-refractivity contribution in [3.63, 3.8) is 0 Å². The Morgan fingerprint density at radius 1 is 1.05 bits per heavy atom. The predicted octanol–water partition coefficient (Wildman–Crippen LogP) is 2.67. The molecule has 3 heteroatoms. The van der Waals surface area contributed by atoms with Crippen LogP contribution in [0.1, 0.15) is 25.0 Å². The number of hydrogen-bond acceptors (Lipinski definition) is 3. The van der Waals surface area contributed by atoms with Gasteiger partial charge in [0.15, 0.2) is 0 Å². The Kier molecular flexibility index (Phi) is 4.42. The number of aliphatic hydroxyl groups is 1. The van der Waals surface area contributed by atoms with E-state index < -0.39 is 5.60 Å². The molecular weight excluding hydrogens is 250 g/mol. The first-order valence-electron chi connectivity index (χ1n) is 6.81. The van der Waals surface area contributed by atoms with Gasteiger partial charge in [0.05, 0.1) is 6.10 Å². The number of ether oxygens (including phenoxy) is 1. The van der Waals surface area contributed by atoms with Crippen molar-refractivity contribution in [2.75, 3.05) is 6.54 Å². The summed E-state index contributed by atoms with van der Waals surface area (Å²) in [6.07, 6.45) is 0.0907. The van der Waals surface area contributed by atoms with Crippen LogP contribution in [0.25, 0.3) is 0 Å². The average molecular weight is 271 g/mol. The lowest BCUT2D eigenvalue weighted by atomic mass is 9.86. The Balaban J connectivity index is 2.41. The van der Waals surface area contributed by atoms with Gasteiger partial charge in [-0.25, -0.2) is 0 Å². The molecule has 0 radical (unpaired) electrons. The van der Waals surface area contributed by atoms with Gasteiger partial charge in [0.25, 0.3) is 0 Å². The number of nitrogens with two attached hydrogens (primary N) is 1. The smallest absolute Gasteiger partial charge is 0.127 e. The van der Waals surface area contributed by atoms with Crippen molar-refractivity contribution >= 4 is 0 Å². The summed E-state index contributed by atoms with van der Waals surface area (Å²) in [5.74, 6) is 0.736. The van der Waals surface area contributed by atoms with Crippen molar-refractivity contribution in [3.8, 4) is 5.75 Å². The first kappa shape index (κ1) is 14.6. The number of rotatable bonds is 5. The van der Waals surface area contributed by atoms with Crippen molar-refractivity contribution in [3.05, 3.63) is 65.7 Å². The van der Waals surface area contributed by atoms with E-state index in [1.54, 1.807) is 0 Å². The Morgan fingerprint density at radius 3 is 2.30 bits per heavy atom. The molecule has 0 bridgehead atoms. The minimum atomic E-state index is -1.20. The highest BCUT2D eigenvalue weighted by atomic mass is 16.5. The second-order valence-electron chi connectivity index (χ2n) is 5.12. The average Bonchev–Trinajstić information content (AvgIpc) is 2.47. The van der Waals surface area contributed by atoms with Gasteiger partial charge in [-0.15, -0.1) is 0 Å². The fourth-order valence-electron chi connectivity index (χ4n) is 2.22. The van der Waals surface area contributed by atoms with Gasteiger partial charge < -0.3 is 15.6 Å². The summed E-state index contributed by atoms with van der Waals surface area (Å²) in [7, 11) is 0. The van der Waals surface area contributed by atoms with Crippen molar-refractivity contribution in [2.45, 2.75) is 25.6 Å². The second-order valence-corrected chi connectivity index (χ2v) is 5.12. The second kappa shape index (κ2) is 6.07. The van der Waals surface area contributed by atoms with Crippen LogP contribution in [0, 0.1) is 0 Å². The largest absolute Gasteiger partial charge is 0.491 e. The predicted molar refractivity (Wildman–Crippen MR) is 80.7 cm³/mol. The zero-order chi connectivity index (χ0) is 14.6. The standard InChI is InChI=1S/C17H21NO2/c1-13(2)20-16-10-6-9-15(11-16)17(19,12-18)14-7-4-3-5-8-14/h3-11,13,19H,12,18H2,1-2H3. The van der Waals surface area contributed by atoms with Crippen molar-refractivity contribution in [1.29, 1.82) is 0 Å². The topological polar surface area (TPSA) is 55.5 Å². The lowest BCUT2D eigenvalue weighted by molar-refractivity contribution is 0.0897. The minimum Gasteiger partial charge on any atom is -0.491 e. The normalized spacial score (nSPS) is 14.1. The molecule has 1 unspecified atom stereocenters. The third kappa shape index (κ3) is 3.00. The van der Waals surface area contributed by atoms with E-state index in [1.807, 2.05) is 68.4 Å². The maximum absolute atomic E-state index is 10.9. The van der Waals surface area contributed by atoms with Crippen LogP contribution in [-0.4, -0.2) is 17.8 Å². The Labute approximate surface area is 120 Å². The van der Waals surface area contributed by atoms with E-state index in [0.717, 1.165) is 16.9 Å². The molecule has 0 saturated carbocycles. The first-order chi connectivity index (χ1) is 9.56. The molecule has 0 saturated heterocycles. The molecule has 2 aromatic rings. The molecule has 2 aromatic carbocycles. The van der Waals surface area contributed by atoms with Crippen LogP contribution in [0.2, 0.25) is 0 Å². The van der Waals surface area contributed by atoms with Gasteiger partial charge in [-0.3, -0.25) is 0 Å². The monoisotopic (exact) mass is 271 g/mol. The third-order valence-corrected chi connectivity index (χ3v) is 3.23. The molecule has 106 valence electrons. The summed E-state index contributed by atoms with van der Waals surface area (Å²) >= 11 is 0. The van der Waals surface area contributed by atoms with E-state index in [-0.39, 0.29) is 12.6 Å². The molecule has 0 fully saturated rings. The van der Waals surface area contributed by atoms with Crippen molar-refractivity contribution in [1.82, 2.24) is 0 Å². The molecular formula is C17H21NO2. The number of benzene rings is 2. The van der Waals surface area contributed by atoms with Crippen LogP contribution in [0.4, 0.5) is 0 Å². The van der Waals surface area contributed by atoms with E-state index in [2.05, 4.69) is 0 Å². The van der Waals surface area contributed by atoms with Crippen LogP contribution in [0.15, 0.2) is 54.6 Å². The molecule has 0 aliphatic rings. The Morgan fingerprint density at radius 2 is 1.70 bits per heavy atom. The van der Waals surface area contributed by atoms with Gasteiger partial charge in [0.1, 0.15) is 11.4 Å². The van der Waals surface area contributed by atoms with Crippen LogP contribution in [-0.2, 0) is 5.60 Å². The Bertz CT molecular complexity index is 554. The molecule has 0 spiro atoms. The lowest BCUT2D eigenvalue weighted by Gasteiger charge is -2.28. The van der Waals surface area contributed by atoms with E-state index in [4.69, 9.17) is 10.5 Å². The van der Waals surface area contributed by atoms with Crippen LogP contribution >= 0.6 is 0 Å². The minimum absolute atomic E-state index is 0.0907. The summed E-state index contributed by atoms with van der Waals surface area (Å²) in [6, 6.07) is 16.9. The van der Waals surface area contributed by atoms with Gasteiger partial charge in [-0.2, -0.15) is 0 Å². The molecule has 0 aliphatic heterocycles. The highest BCUT2D eigenvalue weighted by Crippen LogP contribution is 2.30. The van der Waals surface area contributed by atoms with E-state index in [9.17, 15) is 5.11 Å². The van der Waals surface area contributed by atoms with E-state index in [1.165, 1.54) is 0 Å². The molecule has 0 amide bonds. The third-order valence-electron chi connectivity index (χ3n) is 3.23. The maximum atomic E-state index is 10.9. The summed E-state index contributed by atoms with van der Waals surface area (Å²) < 4.78 is 5.68.